The third-order valence-electron chi connectivity index (χ3n) is 4.38. The normalized spacial score (nSPS) is 17.8. The standard InChI is InChI=1S/C19H22N2/c20-12-16-5-1-3-7-18(16)14-9-10-15(11-14)19-8-4-2-6-17(19)13-21/h1-8,11,14H,9-10,12-13,20-21H2. The van der Waals surface area contributed by atoms with Gasteiger partial charge in [-0.05, 0) is 40.7 Å². The summed E-state index contributed by atoms with van der Waals surface area (Å²) in [6.45, 7) is 1.20. The SMILES string of the molecule is NCc1ccccc1C1=CC(c2ccccc2CN)CC1. The van der Waals surface area contributed by atoms with Gasteiger partial charge in [0.05, 0.1) is 0 Å². The van der Waals surface area contributed by atoms with E-state index in [1.54, 1.807) is 0 Å². The van der Waals surface area contributed by atoms with Gasteiger partial charge in [0, 0.05) is 19.0 Å². The molecular formula is C19H22N2. The second-order valence-corrected chi connectivity index (χ2v) is 5.60. The molecular weight excluding hydrogens is 256 g/mol. The molecule has 0 amide bonds. The van der Waals surface area contributed by atoms with Gasteiger partial charge in [-0.15, -0.1) is 0 Å². The van der Waals surface area contributed by atoms with E-state index in [0.717, 1.165) is 12.8 Å². The second kappa shape index (κ2) is 6.25. The quantitative estimate of drug-likeness (QED) is 0.898. The highest BCUT2D eigenvalue weighted by Crippen LogP contribution is 2.39. The molecule has 108 valence electrons. The van der Waals surface area contributed by atoms with Crippen molar-refractivity contribution in [2.45, 2.75) is 31.8 Å². The lowest BCUT2D eigenvalue weighted by molar-refractivity contribution is 0.788. The van der Waals surface area contributed by atoms with E-state index in [1.807, 2.05) is 0 Å². The van der Waals surface area contributed by atoms with Crippen LogP contribution in [0.25, 0.3) is 5.57 Å². The van der Waals surface area contributed by atoms with E-state index >= 15 is 0 Å². The fourth-order valence-electron chi connectivity index (χ4n) is 3.28. The summed E-state index contributed by atoms with van der Waals surface area (Å²) in [5.74, 6) is 0.477. The van der Waals surface area contributed by atoms with Crippen LogP contribution in [0.4, 0.5) is 0 Å². The first kappa shape index (κ1) is 14.1. The van der Waals surface area contributed by atoms with Crippen molar-refractivity contribution in [3.63, 3.8) is 0 Å². The number of benzene rings is 2. The zero-order chi connectivity index (χ0) is 14.7. The molecule has 2 aromatic carbocycles. The van der Waals surface area contributed by atoms with E-state index in [4.69, 9.17) is 11.5 Å². The summed E-state index contributed by atoms with van der Waals surface area (Å²) in [6.07, 6.45) is 4.68. The van der Waals surface area contributed by atoms with Gasteiger partial charge in [0.25, 0.3) is 0 Å². The average molecular weight is 278 g/mol. The average Bonchev–Trinajstić information content (AvgIpc) is 3.04. The van der Waals surface area contributed by atoms with Crippen LogP contribution in [-0.2, 0) is 13.1 Å². The molecule has 4 N–H and O–H groups in total. The van der Waals surface area contributed by atoms with Crippen LogP contribution in [0.1, 0.15) is 41.0 Å². The number of rotatable bonds is 4. The van der Waals surface area contributed by atoms with Gasteiger partial charge < -0.3 is 11.5 Å². The van der Waals surface area contributed by atoms with Crippen molar-refractivity contribution in [1.29, 1.82) is 0 Å². The maximum Gasteiger partial charge on any atom is 0.0184 e. The Morgan fingerprint density at radius 2 is 1.52 bits per heavy atom. The number of allylic oxidation sites excluding steroid dienone is 2. The first-order valence-corrected chi connectivity index (χ1v) is 7.60. The molecule has 2 nitrogen and oxygen atoms in total. The van der Waals surface area contributed by atoms with Crippen molar-refractivity contribution in [3.8, 4) is 0 Å². The molecule has 1 aliphatic carbocycles. The Bertz CT molecular complexity index is 658. The molecule has 1 aliphatic rings. The van der Waals surface area contributed by atoms with E-state index in [-0.39, 0.29) is 0 Å². The molecule has 0 radical (unpaired) electrons. The largest absolute Gasteiger partial charge is 0.326 e. The molecule has 2 aromatic rings. The zero-order valence-corrected chi connectivity index (χ0v) is 12.3. The maximum atomic E-state index is 5.87. The van der Waals surface area contributed by atoms with Crippen LogP contribution in [0.3, 0.4) is 0 Å². The Hall–Kier alpha value is -1.90. The lowest BCUT2D eigenvalue weighted by Gasteiger charge is -2.12. The molecule has 0 aromatic heterocycles. The molecule has 3 rings (SSSR count). The van der Waals surface area contributed by atoms with E-state index in [2.05, 4.69) is 54.6 Å². The van der Waals surface area contributed by atoms with Crippen molar-refractivity contribution in [2.75, 3.05) is 0 Å². The number of hydrogen-bond acceptors (Lipinski definition) is 2. The van der Waals surface area contributed by atoms with Crippen molar-refractivity contribution in [1.82, 2.24) is 0 Å². The van der Waals surface area contributed by atoms with Crippen LogP contribution < -0.4 is 11.5 Å². The predicted octanol–water partition coefficient (Wildman–Crippen LogP) is 3.57. The summed E-state index contributed by atoms with van der Waals surface area (Å²) in [5.41, 5.74) is 18.3. The molecule has 0 bridgehead atoms. The number of hydrogen-bond donors (Lipinski definition) is 2. The third kappa shape index (κ3) is 2.78. The van der Waals surface area contributed by atoms with E-state index < -0.39 is 0 Å². The fourth-order valence-corrected chi connectivity index (χ4v) is 3.28. The van der Waals surface area contributed by atoms with Crippen LogP contribution in [-0.4, -0.2) is 0 Å². The van der Waals surface area contributed by atoms with Crippen molar-refractivity contribution >= 4 is 5.57 Å². The summed E-state index contributed by atoms with van der Waals surface area (Å²) in [7, 11) is 0. The minimum absolute atomic E-state index is 0.477. The fraction of sp³-hybridized carbons (Fsp3) is 0.263. The molecule has 21 heavy (non-hydrogen) atoms. The summed E-state index contributed by atoms with van der Waals surface area (Å²) in [4.78, 5) is 0. The first-order chi connectivity index (χ1) is 10.3. The Balaban J connectivity index is 1.94. The predicted molar refractivity (Wildman–Crippen MR) is 88.6 cm³/mol. The van der Waals surface area contributed by atoms with Crippen LogP contribution in [0, 0.1) is 0 Å². The van der Waals surface area contributed by atoms with Crippen LogP contribution >= 0.6 is 0 Å². The molecule has 0 heterocycles. The summed E-state index contributed by atoms with van der Waals surface area (Å²) in [6, 6.07) is 17.0. The Morgan fingerprint density at radius 1 is 0.857 bits per heavy atom. The van der Waals surface area contributed by atoms with E-state index in [9.17, 15) is 0 Å². The van der Waals surface area contributed by atoms with Gasteiger partial charge >= 0.3 is 0 Å². The monoisotopic (exact) mass is 278 g/mol. The lowest BCUT2D eigenvalue weighted by atomic mass is 9.94. The van der Waals surface area contributed by atoms with Crippen LogP contribution in [0.15, 0.2) is 54.6 Å². The Morgan fingerprint density at radius 3 is 2.29 bits per heavy atom. The van der Waals surface area contributed by atoms with Crippen LogP contribution in [0.5, 0.6) is 0 Å². The van der Waals surface area contributed by atoms with E-state index in [0.29, 0.717) is 19.0 Å². The molecule has 0 saturated heterocycles. The highest BCUT2D eigenvalue weighted by atomic mass is 14.5. The van der Waals surface area contributed by atoms with Crippen LogP contribution in [0.2, 0.25) is 0 Å². The third-order valence-corrected chi connectivity index (χ3v) is 4.38. The summed E-state index contributed by atoms with van der Waals surface area (Å²) >= 11 is 0. The van der Waals surface area contributed by atoms with Crippen molar-refractivity contribution in [3.05, 3.63) is 76.9 Å². The minimum atomic E-state index is 0.477. The van der Waals surface area contributed by atoms with Gasteiger partial charge in [0.15, 0.2) is 0 Å². The molecule has 0 spiro atoms. The van der Waals surface area contributed by atoms with E-state index in [1.165, 1.54) is 27.8 Å². The zero-order valence-electron chi connectivity index (χ0n) is 12.3. The van der Waals surface area contributed by atoms with Gasteiger partial charge in [-0.1, -0.05) is 54.6 Å². The molecule has 1 atom stereocenters. The van der Waals surface area contributed by atoms with Gasteiger partial charge in [-0.2, -0.15) is 0 Å². The molecule has 0 saturated carbocycles. The van der Waals surface area contributed by atoms with Crippen molar-refractivity contribution in [2.24, 2.45) is 11.5 Å². The molecule has 1 unspecified atom stereocenters. The van der Waals surface area contributed by atoms with Gasteiger partial charge in [-0.25, -0.2) is 0 Å². The highest BCUT2D eigenvalue weighted by Gasteiger charge is 2.21. The molecule has 2 heteroatoms. The Kier molecular flexibility index (Phi) is 4.18. The number of nitrogens with two attached hydrogens (primary N) is 2. The highest BCUT2D eigenvalue weighted by molar-refractivity contribution is 5.71. The molecule has 0 aliphatic heterocycles. The van der Waals surface area contributed by atoms with Gasteiger partial charge in [0.1, 0.15) is 0 Å². The second-order valence-electron chi connectivity index (χ2n) is 5.60. The van der Waals surface area contributed by atoms with Gasteiger partial charge in [-0.3, -0.25) is 0 Å². The first-order valence-electron chi connectivity index (χ1n) is 7.60. The topological polar surface area (TPSA) is 52.0 Å². The lowest BCUT2D eigenvalue weighted by Crippen LogP contribution is -2.03. The Labute approximate surface area is 126 Å². The summed E-state index contributed by atoms with van der Waals surface area (Å²) in [5, 5.41) is 0. The summed E-state index contributed by atoms with van der Waals surface area (Å²) < 4.78 is 0. The smallest absolute Gasteiger partial charge is 0.0184 e. The van der Waals surface area contributed by atoms with Crippen molar-refractivity contribution < 1.29 is 0 Å². The maximum absolute atomic E-state index is 5.87. The molecule has 0 fully saturated rings. The van der Waals surface area contributed by atoms with Gasteiger partial charge in [0.2, 0.25) is 0 Å². The minimum Gasteiger partial charge on any atom is -0.326 e.